The van der Waals surface area contributed by atoms with Gasteiger partial charge in [0.25, 0.3) is 0 Å². The third-order valence-electron chi connectivity index (χ3n) is 5.08. The van der Waals surface area contributed by atoms with Gasteiger partial charge in [0.1, 0.15) is 11.6 Å². The van der Waals surface area contributed by atoms with Crippen LogP contribution in [0.5, 0.6) is 0 Å². The van der Waals surface area contributed by atoms with E-state index in [4.69, 9.17) is 5.21 Å². The van der Waals surface area contributed by atoms with Crippen LogP contribution in [0.15, 0.2) is 30.5 Å². The van der Waals surface area contributed by atoms with Gasteiger partial charge >= 0.3 is 0 Å². The second-order valence-corrected chi connectivity index (χ2v) is 7.49. The second kappa shape index (κ2) is 11.0. The van der Waals surface area contributed by atoms with Gasteiger partial charge in [-0.05, 0) is 75.4 Å². The van der Waals surface area contributed by atoms with E-state index in [-0.39, 0.29) is 23.6 Å². The Morgan fingerprint density at radius 2 is 1.86 bits per heavy atom. The van der Waals surface area contributed by atoms with E-state index in [2.05, 4.69) is 10.3 Å². The number of benzene rings is 1. The third-order valence-corrected chi connectivity index (χ3v) is 5.08. The highest BCUT2D eigenvalue weighted by molar-refractivity contribution is 5.77. The highest BCUT2D eigenvalue weighted by Crippen LogP contribution is 2.20. The van der Waals surface area contributed by atoms with E-state index in [0.29, 0.717) is 24.0 Å². The number of carbonyl (C=O) groups excluding carboxylic acids is 1. The average Bonchev–Trinajstić information content (AvgIpc) is 2.70. The molecule has 0 fully saturated rings. The fraction of sp³-hybridized carbons (Fsp3) is 0.455. The van der Waals surface area contributed by atoms with Gasteiger partial charge in [-0.15, -0.1) is 0 Å². The van der Waals surface area contributed by atoms with Crippen molar-refractivity contribution in [3.05, 3.63) is 64.5 Å². The van der Waals surface area contributed by atoms with Crippen LogP contribution in [0.1, 0.15) is 54.6 Å². The Hall–Kier alpha value is -2.38. The van der Waals surface area contributed by atoms with Crippen molar-refractivity contribution in [1.82, 2.24) is 15.8 Å². The minimum atomic E-state index is -0.429. The summed E-state index contributed by atoms with van der Waals surface area (Å²) in [5, 5.41) is 12.4. The Morgan fingerprint density at radius 3 is 2.45 bits per heavy atom. The third kappa shape index (κ3) is 6.87. The Morgan fingerprint density at radius 1 is 1.17 bits per heavy atom. The smallest absolute Gasteiger partial charge is 0.246 e. The molecule has 5 nitrogen and oxygen atoms in total. The Bertz CT molecular complexity index is 789. The first-order valence-electron chi connectivity index (χ1n) is 9.86. The van der Waals surface area contributed by atoms with Gasteiger partial charge in [0.05, 0.1) is 11.9 Å². The molecule has 29 heavy (non-hydrogen) atoms. The highest BCUT2D eigenvalue weighted by atomic mass is 19.1. The number of hydroxylamine groups is 1. The summed E-state index contributed by atoms with van der Waals surface area (Å²) in [7, 11) is 0. The molecule has 1 aromatic heterocycles. The van der Waals surface area contributed by atoms with Crippen LogP contribution in [-0.2, 0) is 11.2 Å². The number of rotatable bonds is 10. The first-order valence-corrected chi connectivity index (χ1v) is 9.86. The molecule has 1 heterocycles. The summed E-state index contributed by atoms with van der Waals surface area (Å²) in [6, 6.07) is 6.54. The largest absolute Gasteiger partial charge is 0.309 e. The van der Waals surface area contributed by atoms with E-state index in [0.717, 1.165) is 30.6 Å². The molecule has 0 saturated heterocycles. The van der Waals surface area contributed by atoms with Crippen molar-refractivity contribution in [3.63, 3.8) is 0 Å². The number of nitrogens with one attached hydrogen (secondary N) is 2. The van der Waals surface area contributed by atoms with E-state index in [1.165, 1.54) is 12.3 Å². The summed E-state index contributed by atoms with van der Waals surface area (Å²) < 4.78 is 26.8. The maximum atomic E-state index is 13.8. The summed E-state index contributed by atoms with van der Waals surface area (Å²) in [5.41, 5.74) is 4.50. The van der Waals surface area contributed by atoms with Crippen molar-refractivity contribution in [2.75, 3.05) is 6.54 Å². The van der Waals surface area contributed by atoms with Crippen LogP contribution in [0.3, 0.4) is 0 Å². The van der Waals surface area contributed by atoms with Crippen LogP contribution in [0, 0.1) is 31.4 Å². The molecule has 0 aliphatic rings. The van der Waals surface area contributed by atoms with Crippen LogP contribution in [0.2, 0.25) is 0 Å². The number of aromatic nitrogens is 1. The van der Waals surface area contributed by atoms with Gasteiger partial charge in [-0.1, -0.05) is 18.6 Å². The second-order valence-electron chi connectivity index (χ2n) is 7.49. The molecule has 0 aliphatic heterocycles. The van der Waals surface area contributed by atoms with Gasteiger partial charge in [0.2, 0.25) is 5.91 Å². The van der Waals surface area contributed by atoms with Gasteiger partial charge < -0.3 is 5.32 Å². The zero-order chi connectivity index (χ0) is 21.4. The number of unbranched alkanes of at least 4 members (excludes halogenated alkanes) is 1. The van der Waals surface area contributed by atoms with E-state index in [1.807, 2.05) is 6.92 Å². The number of aryl methyl sites for hydroxylation is 2. The van der Waals surface area contributed by atoms with Crippen molar-refractivity contribution in [3.8, 4) is 0 Å². The van der Waals surface area contributed by atoms with Crippen LogP contribution in [0.25, 0.3) is 0 Å². The average molecular weight is 405 g/mol. The number of amides is 1. The molecule has 0 radical (unpaired) electrons. The number of nitrogens with zero attached hydrogens (tertiary/aromatic N) is 1. The van der Waals surface area contributed by atoms with Gasteiger partial charge in [0.15, 0.2) is 0 Å². The molecular weight excluding hydrogens is 376 g/mol. The lowest BCUT2D eigenvalue weighted by molar-refractivity contribution is -0.133. The molecule has 3 N–H and O–H groups in total. The fourth-order valence-electron chi connectivity index (χ4n) is 3.44. The summed E-state index contributed by atoms with van der Waals surface area (Å²) in [6.45, 7) is 6.09. The van der Waals surface area contributed by atoms with Gasteiger partial charge in [-0.3, -0.25) is 15.0 Å². The van der Waals surface area contributed by atoms with Gasteiger partial charge in [-0.2, -0.15) is 0 Å². The lowest BCUT2D eigenvalue weighted by atomic mass is 9.91. The molecule has 0 unspecified atom stereocenters. The Balaban J connectivity index is 1.83. The van der Waals surface area contributed by atoms with Crippen LogP contribution in [0.4, 0.5) is 8.78 Å². The van der Waals surface area contributed by atoms with Gasteiger partial charge in [0, 0.05) is 12.0 Å². The van der Waals surface area contributed by atoms with E-state index in [1.54, 1.807) is 37.5 Å². The molecule has 0 spiro atoms. The quantitative estimate of drug-likeness (QED) is 0.315. The first-order chi connectivity index (χ1) is 13.8. The van der Waals surface area contributed by atoms with Gasteiger partial charge in [-0.25, -0.2) is 14.3 Å². The predicted molar refractivity (Wildman–Crippen MR) is 107 cm³/mol. The molecule has 2 rings (SSSR count). The SMILES string of the molecule is Cc1cc(C[C@H](CCCCN[C@@H](C)c2ccc(F)cn2)C(=O)NO)cc(C)c1F. The zero-order valence-electron chi connectivity index (χ0n) is 17.1. The summed E-state index contributed by atoms with van der Waals surface area (Å²) in [5.74, 6) is -1.41. The molecular formula is C22H29F2N3O2. The van der Waals surface area contributed by atoms with E-state index < -0.39 is 5.91 Å². The minimum Gasteiger partial charge on any atom is -0.309 e. The summed E-state index contributed by atoms with van der Waals surface area (Å²) in [4.78, 5) is 16.1. The van der Waals surface area contributed by atoms with E-state index in [9.17, 15) is 13.6 Å². The molecule has 2 atom stereocenters. The van der Waals surface area contributed by atoms with Crippen LogP contribution >= 0.6 is 0 Å². The van der Waals surface area contributed by atoms with Crippen molar-refractivity contribution >= 4 is 5.91 Å². The predicted octanol–water partition coefficient (Wildman–Crippen LogP) is 4.16. The standard InChI is InChI=1S/C22H29F2N3O2/c1-14-10-17(11-15(2)21(14)24)12-18(22(28)27-29)6-4-5-9-25-16(3)20-8-7-19(23)13-26-20/h7-8,10-11,13,16,18,25,29H,4-6,9,12H2,1-3H3,(H,27,28)/t16-,18-/m0/s1. The number of carbonyl (C=O) groups is 1. The van der Waals surface area contributed by atoms with Crippen LogP contribution in [-0.4, -0.2) is 22.6 Å². The minimum absolute atomic E-state index is 0.00250. The van der Waals surface area contributed by atoms with Crippen molar-refractivity contribution in [2.45, 2.75) is 52.5 Å². The molecule has 1 aromatic carbocycles. The number of hydrogen-bond donors (Lipinski definition) is 3. The highest BCUT2D eigenvalue weighted by Gasteiger charge is 2.19. The molecule has 0 saturated carbocycles. The topological polar surface area (TPSA) is 74.2 Å². The van der Waals surface area contributed by atoms with Crippen LogP contribution < -0.4 is 10.8 Å². The van der Waals surface area contributed by atoms with Crippen molar-refractivity contribution < 1.29 is 18.8 Å². The number of halogens is 2. The summed E-state index contributed by atoms with van der Waals surface area (Å²) >= 11 is 0. The fourth-order valence-corrected chi connectivity index (χ4v) is 3.44. The molecule has 2 aromatic rings. The lowest BCUT2D eigenvalue weighted by Gasteiger charge is -2.17. The number of hydrogen-bond acceptors (Lipinski definition) is 4. The first kappa shape index (κ1) is 22.9. The molecule has 1 amide bonds. The molecule has 7 heteroatoms. The lowest BCUT2D eigenvalue weighted by Crippen LogP contribution is -2.29. The molecule has 158 valence electrons. The maximum absolute atomic E-state index is 13.8. The monoisotopic (exact) mass is 405 g/mol. The Labute approximate surface area is 170 Å². The Kier molecular flexibility index (Phi) is 8.67. The number of pyridine rings is 1. The van der Waals surface area contributed by atoms with Crippen molar-refractivity contribution in [1.29, 1.82) is 0 Å². The normalized spacial score (nSPS) is 13.2. The molecule has 0 bridgehead atoms. The molecule has 0 aliphatic carbocycles. The zero-order valence-corrected chi connectivity index (χ0v) is 17.1. The summed E-state index contributed by atoms with van der Waals surface area (Å²) in [6.07, 6.45) is 3.87. The van der Waals surface area contributed by atoms with E-state index >= 15 is 0 Å². The maximum Gasteiger partial charge on any atom is 0.246 e. The van der Waals surface area contributed by atoms with Crippen molar-refractivity contribution in [2.24, 2.45) is 5.92 Å².